The lowest BCUT2D eigenvalue weighted by atomic mass is 9.85. The number of aliphatic hydroxyl groups is 2. The summed E-state index contributed by atoms with van der Waals surface area (Å²) in [7, 11) is 0. The average Bonchev–Trinajstić information content (AvgIpc) is 2.54. The largest absolute Gasteiger partial charge is 0.386 e. The summed E-state index contributed by atoms with van der Waals surface area (Å²) in [5.41, 5.74) is 4.09. The van der Waals surface area contributed by atoms with E-state index < -0.39 is 11.7 Å². The van der Waals surface area contributed by atoms with E-state index in [1.54, 1.807) is 6.08 Å². The Morgan fingerprint density at radius 2 is 1.95 bits per heavy atom. The van der Waals surface area contributed by atoms with Gasteiger partial charge in [0.15, 0.2) is 0 Å². The van der Waals surface area contributed by atoms with Crippen molar-refractivity contribution in [3.05, 3.63) is 53.3 Å². The number of benzene rings is 1. The molecule has 0 spiro atoms. The summed E-state index contributed by atoms with van der Waals surface area (Å²) in [6, 6.07) is 9.88. The molecule has 120 valence electrons. The van der Waals surface area contributed by atoms with Crippen LogP contribution in [0.3, 0.4) is 0 Å². The van der Waals surface area contributed by atoms with Crippen LogP contribution in [0.1, 0.15) is 44.6 Å². The van der Waals surface area contributed by atoms with Crippen LogP contribution in [-0.2, 0) is 11.3 Å². The maximum atomic E-state index is 10.4. The van der Waals surface area contributed by atoms with Gasteiger partial charge in [-0.2, -0.15) is 0 Å². The van der Waals surface area contributed by atoms with E-state index in [2.05, 4.69) is 5.73 Å². The topological polar surface area (TPSA) is 49.7 Å². The fourth-order valence-corrected chi connectivity index (χ4v) is 2.64. The van der Waals surface area contributed by atoms with E-state index in [1.807, 2.05) is 37.3 Å². The third-order valence-corrected chi connectivity index (χ3v) is 4.18. The predicted octanol–water partition coefficient (Wildman–Crippen LogP) is 3.36. The van der Waals surface area contributed by atoms with E-state index in [1.165, 1.54) is 6.42 Å². The molecule has 1 fully saturated rings. The van der Waals surface area contributed by atoms with Crippen molar-refractivity contribution >= 4 is 0 Å². The fraction of sp³-hybridized carbons (Fsp3) is 0.526. The molecule has 0 unspecified atom stereocenters. The van der Waals surface area contributed by atoms with Gasteiger partial charge in [0, 0.05) is 0 Å². The highest BCUT2D eigenvalue weighted by molar-refractivity contribution is 5.14. The van der Waals surface area contributed by atoms with Gasteiger partial charge in [0.1, 0.15) is 6.10 Å². The lowest BCUT2D eigenvalue weighted by molar-refractivity contribution is 0.0445. The van der Waals surface area contributed by atoms with Gasteiger partial charge < -0.3 is 14.9 Å². The second-order valence-corrected chi connectivity index (χ2v) is 6.15. The zero-order valence-electron chi connectivity index (χ0n) is 13.3. The molecule has 3 heteroatoms. The highest BCUT2D eigenvalue weighted by atomic mass is 16.5. The summed E-state index contributed by atoms with van der Waals surface area (Å²) in [5, 5.41) is 20.5. The van der Waals surface area contributed by atoms with Crippen molar-refractivity contribution in [2.75, 3.05) is 6.61 Å². The average molecular weight is 302 g/mol. The normalized spacial score (nSPS) is 18.3. The lowest BCUT2D eigenvalue weighted by Crippen LogP contribution is -2.28. The Morgan fingerprint density at radius 1 is 1.27 bits per heavy atom. The molecule has 3 nitrogen and oxygen atoms in total. The van der Waals surface area contributed by atoms with Crippen LogP contribution in [0.4, 0.5) is 0 Å². The molecule has 0 aliphatic heterocycles. The van der Waals surface area contributed by atoms with Crippen LogP contribution in [-0.4, -0.2) is 28.5 Å². The SMILES string of the molecule is CC(=C=CC1(O)CCCCC1)[C@H](O)COCc1ccccc1. The number of hydrogen-bond donors (Lipinski definition) is 2. The standard InChI is InChI=1S/C19H26O3/c1-16(10-13-19(21)11-6-3-7-12-19)18(20)15-22-14-17-8-4-2-5-9-17/h2,4-5,8-9,13,18,20-21H,3,6-7,11-12,14-15H2,1H3/t10?,18-/m1/s1. The maximum absolute atomic E-state index is 10.4. The molecule has 1 aliphatic carbocycles. The van der Waals surface area contributed by atoms with Crippen molar-refractivity contribution in [1.82, 2.24) is 0 Å². The molecule has 1 aliphatic rings. The quantitative estimate of drug-likeness (QED) is 0.792. The first-order valence-corrected chi connectivity index (χ1v) is 8.05. The van der Waals surface area contributed by atoms with E-state index in [-0.39, 0.29) is 6.61 Å². The van der Waals surface area contributed by atoms with Gasteiger partial charge in [0.2, 0.25) is 0 Å². The molecule has 0 saturated heterocycles. The summed E-state index contributed by atoms with van der Waals surface area (Å²) < 4.78 is 5.53. The van der Waals surface area contributed by atoms with Gasteiger partial charge in [-0.25, -0.2) is 0 Å². The molecule has 1 atom stereocenters. The molecule has 1 aromatic carbocycles. The first-order valence-electron chi connectivity index (χ1n) is 8.05. The molecular weight excluding hydrogens is 276 g/mol. The van der Waals surface area contributed by atoms with Gasteiger partial charge >= 0.3 is 0 Å². The third-order valence-electron chi connectivity index (χ3n) is 4.18. The van der Waals surface area contributed by atoms with Crippen LogP contribution in [0.5, 0.6) is 0 Å². The van der Waals surface area contributed by atoms with Crippen molar-refractivity contribution in [2.45, 2.75) is 57.3 Å². The summed E-state index contributed by atoms with van der Waals surface area (Å²) in [4.78, 5) is 0. The van der Waals surface area contributed by atoms with Gasteiger partial charge in [-0.1, -0.05) is 49.6 Å². The second kappa shape index (κ2) is 8.30. The Kier molecular flexibility index (Phi) is 6.41. The van der Waals surface area contributed by atoms with Crippen molar-refractivity contribution in [1.29, 1.82) is 0 Å². The van der Waals surface area contributed by atoms with Crippen LogP contribution < -0.4 is 0 Å². The van der Waals surface area contributed by atoms with E-state index in [0.717, 1.165) is 31.2 Å². The highest BCUT2D eigenvalue weighted by Gasteiger charge is 2.25. The second-order valence-electron chi connectivity index (χ2n) is 6.15. The van der Waals surface area contributed by atoms with E-state index in [4.69, 9.17) is 4.74 Å². The Morgan fingerprint density at radius 3 is 2.64 bits per heavy atom. The first-order chi connectivity index (χ1) is 10.6. The zero-order chi connectivity index (χ0) is 15.8. The van der Waals surface area contributed by atoms with Crippen LogP contribution in [0.25, 0.3) is 0 Å². The number of rotatable bonds is 6. The smallest absolute Gasteiger partial charge is 0.105 e. The molecule has 1 aromatic rings. The minimum Gasteiger partial charge on any atom is -0.386 e. The molecule has 0 bridgehead atoms. The minimum absolute atomic E-state index is 0.236. The van der Waals surface area contributed by atoms with E-state index in [9.17, 15) is 10.2 Å². The van der Waals surface area contributed by atoms with Crippen molar-refractivity contribution < 1.29 is 14.9 Å². The Balaban J connectivity index is 1.83. The van der Waals surface area contributed by atoms with E-state index >= 15 is 0 Å². The Hall–Kier alpha value is -1.38. The van der Waals surface area contributed by atoms with Crippen molar-refractivity contribution in [2.24, 2.45) is 0 Å². The molecule has 0 radical (unpaired) electrons. The molecule has 0 aromatic heterocycles. The predicted molar refractivity (Wildman–Crippen MR) is 87.4 cm³/mol. The first kappa shape index (κ1) is 17.0. The van der Waals surface area contributed by atoms with E-state index in [0.29, 0.717) is 12.2 Å². The highest BCUT2D eigenvalue weighted by Crippen LogP contribution is 2.28. The lowest BCUT2D eigenvalue weighted by Gasteiger charge is -2.28. The van der Waals surface area contributed by atoms with Crippen LogP contribution >= 0.6 is 0 Å². The van der Waals surface area contributed by atoms with Crippen LogP contribution in [0, 0.1) is 0 Å². The molecule has 2 N–H and O–H groups in total. The van der Waals surface area contributed by atoms with Gasteiger partial charge in [-0.3, -0.25) is 0 Å². The van der Waals surface area contributed by atoms with Crippen LogP contribution in [0.15, 0.2) is 47.7 Å². The summed E-state index contributed by atoms with van der Waals surface area (Å²) >= 11 is 0. The number of ether oxygens (including phenoxy) is 1. The molecule has 0 heterocycles. The van der Waals surface area contributed by atoms with Crippen molar-refractivity contribution in [3.63, 3.8) is 0 Å². The van der Waals surface area contributed by atoms with Gasteiger partial charge in [0.05, 0.1) is 18.8 Å². The summed E-state index contributed by atoms with van der Waals surface area (Å²) in [6.45, 7) is 2.54. The molecule has 0 amide bonds. The van der Waals surface area contributed by atoms with Gasteiger partial charge in [0.25, 0.3) is 0 Å². The minimum atomic E-state index is -0.746. The summed E-state index contributed by atoms with van der Waals surface area (Å²) in [6.07, 6.45) is 5.90. The fourth-order valence-electron chi connectivity index (χ4n) is 2.64. The molecule has 1 saturated carbocycles. The number of aliphatic hydroxyl groups excluding tert-OH is 1. The van der Waals surface area contributed by atoms with Crippen LogP contribution in [0.2, 0.25) is 0 Å². The summed E-state index contributed by atoms with van der Waals surface area (Å²) in [5.74, 6) is 0. The Bertz CT molecular complexity index is 509. The number of hydrogen-bond acceptors (Lipinski definition) is 3. The molecule has 22 heavy (non-hydrogen) atoms. The maximum Gasteiger partial charge on any atom is 0.105 e. The zero-order valence-corrected chi connectivity index (χ0v) is 13.3. The monoisotopic (exact) mass is 302 g/mol. The van der Waals surface area contributed by atoms with Gasteiger partial charge in [-0.15, -0.1) is 5.73 Å². The molecule has 2 rings (SSSR count). The third kappa shape index (κ3) is 5.43. The van der Waals surface area contributed by atoms with Gasteiger partial charge in [-0.05, 0) is 37.0 Å². The Labute approximate surface area is 132 Å². The molecular formula is C19H26O3. The van der Waals surface area contributed by atoms with Crippen molar-refractivity contribution in [3.8, 4) is 0 Å².